The number of nitrogens with zero attached hydrogens (tertiary/aromatic N) is 3. The summed E-state index contributed by atoms with van der Waals surface area (Å²) in [6.45, 7) is 5.99. The Morgan fingerprint density at radius 3 is 2.59 bits per heavy atom. The van der Waals surface area contributed by atoms with E-state index in [0.29, 0.717) is 46.3 Å². The van der Waals surface area contributed by atoms with Gasteiger partial charge in [0.1, 0.15) is 17.5 Å². The van der Waals surface area contributed by atoms with Gasteiger partial charge < -0.3 is 20.7 Å². The molecule has 2 saturated carbocycles. The molecule has 0 radical (unpaired) electrons. The maximum absolute atomic E-state index is 14.6. The highest BCUT2D eigenvalue weighted by Gasteiger charge is 2.36. The van der Waals surface area contributed by atoms with Crippen molar-refractivity contribution in [3.63, 3.8) is 0 Å². The van der Waals surface area contributed by atoms with Gasteiger partial charge in [-0.3, -0.25) is 0 Å². The first kappa shape index (κ1) is 22.9. The van der Waals surface area contributed by atoms with Crippen LogP contribution in [0.1, 0.15) is 52.4 Å². The summed E-state index contributed by atoms with van der Waals surface area (Å²) in [5, 5.41) is 18.7. The summed E-state index contributed by atoms with van der Waals surface area (Å²) in [5.41, 5.74) is 1.54. The minimum atomic E-state index is -0.358. The summed E-state index contributed by atoms with van der Waals surface area (Å²) in [4.78, 5) is 4.28. The summed E-state index contributed by atoms with van der Waals surface area (Å²) in [6.07, 6.45) is 9.64. The molecule has 0 aromatic carbocycles. The van der Waals surface area contributed by atoms with Crippen LogP contribution in [0.2, 0.25) is 0 Å². The van der Waals surface area contributed by atoms with Crippen molar-refractivity contribution < 1.29 is 9.13 Å². The number of halogens is 1. The van der Waals surface area contributed by atoms with Crippen molar-refractivity contribution in [3.8, 4) is 11.1 Å². The second-order valence-electron chi connectivity index (χ2n) is 9.76. The SMILES string of the molecule is COC[C@@H](C)NC1CCC(Nc2cc(-c3cnnc(NCC4(C)CC4)c3)c(F)cn2)CC1. The van der Waals surface area contributed by atoms with Gasteiger partial charge in [-0.25, -0.2) is 9.37 Å². The van der Waals surface area contributed by atoms with Crippen LogP contribution in [-0.2, 0) is 4.74 Å². The molecule has 8 heteroatoms. The Kier molecular flexibility index (Phi) is 7.20. The molecule has 2 fully saturated rings. The zero-order valence-electron chi connectivity index (χ0n) is 19.3. The van der Waals surface area contributed by atoms with Gasteiger partial charge in [-0.1, -0.05) is 6.92 Å². The Labute approximate surface area is 190 Å². The van der Waals surface area contributed by atoms with E-state index in [1.54, 1.807) is 19.4 Å². The highest BCUT2D eigenvalue weighted by molar-refractivity contribution is 5.68. The Bertz CT molecular complexity index is 898. The fourth-order valence-electron chi connectivity index (χ4n) is 4.35. The Morgan fingerprint density at radius 2 is 1.88 bits per heavy atom. The number of pyridine rings is 1. The van der Waals surface area contributed by atoms with Crippen molar-refractivity contribution >= 4 is 11.6 Å². The smallest absolute Gasteiger partial charge is 0.149 e. The molecule has 0 spiro atoms. The van der Waals surface area contributed by atoms with Crippen molar-refractivity contribution in [1.29, 1.82) is 0 Å². The molecule has 7 nitrogen and oxygen atoms in total. The average molecular weight is 443 g/mol. The van der Waals surface area contributed by atoms with Crippen LogP contribution in [0.25, 0.3) is 11.1 Å². The second-order valence-corrected chi connectivity index (χ2v) is 9.76. The lowest BCUT2D eigenvalue weighted by Gasteiger charge is -2.31. The molecule has 0 saturated heterocycles. The van der Waals surface area contributed by atoms with Crippen LogP contribution in [0.3, 0.4) is 0 Å². The van der Waals surface area contributed by atoms with E-state index in [1.165, 1.54) is 19.0 Å². The lowest BCUT2D eigenvalue weighted by Crippen LogP contribution is -2.42. The molecule has 4 rings (SSSR count). The van der Waals surface area contributed by atoms with Crippen molar-refractivity contribution in [1.82, 2.24) is 20.5 Å². The third-order valence-electron chi connectivity index (χ3n) is 6.64. The van der Waals surface area contributed by atoms with Crippen molar-refractivity contribution in [2.45, 2.75) is 70.5 Å². The van der Waals surface area contributed by atoms with E-state index in [-0.39, 0.29) is 5.82 Å². The second kappa shape index (κ2) is 10.1. The molecule has 2 heterocycles. The summed E-state index contributed by atoms with van der Waals surface area (Å²) < 4.78 is 19.8. The number of hydrogen-bond donors (Lipinski definition) is 3. The molecule has 174 valence electrons. The molecule has 32 heavy (non-hydrogen) atoms. The molecule has 2 aromatic rings. The lowest BCUT2D eigenvalue weighted by molar-refractivity contribution is 0.161. The van der Waals surface area contributed by atoms with Crippen LogP contribution < -0.4 is 16.0 Å². The summed E-state index contributed by atoms with van der Waals surface area (Å²) in [6, 6.07) is 4.85. The Hall–Kier alpha value is -2.32. The van der Waals surface area contributed by atoms with E-state index in [2.05, 4.69) is 45.0 Å². The van der Waals surface area contributed by atoms with Crippen molar-refractivity contribution in [2.24, 2.45) is 5.41 Å². The zero-order chi connectivity index (χ0) is 22.6. The fourth-order valence-corrected chi connectivity index (χ4v) is 4.35. The molecular formula is C24H35FN6O. The number of ether oxygens (including phenoxy) is 1. The largest absolute Gasteiger partial charge is 0.383 e. The molecule has 2 aliphatic rings. The first-order valence-electron chi connectivity index (χ1n) is 11.7. The van der Waals surface area contributed by atoms with Gasteiger partial charge in [-0.15, -0.1) is 5.10 Å². The van der Waals surface area contributed by atoms with Gasteiger partial charge in [0.25, 0.3) is 0 Å². The summed E-state index contributed by atoms with van der Waals surface area (Å²) in [5.74, 6) is 1.01. The molecule has 0 unspecified atom stereocenters. The minimum Gasteiger partial charge on any atom is -0.383 e. The number of methoxy groups -OCH3 is 1. The number of anilines is 2. The van der Waals surface area contributed by atoms with Crippen LogP contribution in [-0.4, -0.2) is 53.6 Å². The topological polar surface area (TPSA) is 84.0 Å². The number of rotatable bonds is 10. The van der Waals surface area contributed by atoms with Crippen LogP contribution in [0.5, 0.6) is 0 Å². The molecule has 3 N–H and O–H groups in total. The standard InChI is InChI=1S/C24H35FN6O/c1-16(14-32-3)29-18-4-6-19(7-5-18)30-22-11-20(21(25)13-26-22)17-10-23(31-28-12-17)27-15-24(2)8-9-24/h10-13,16,18-19,29H,4-9,14-15H2,1-3H3,(H,26,30)(H,27,31)/t16-,18?,19?/m1/s1. The van der Waals surface area contributed by atoms with Crippen LogP contribution in [0.15, 0.2) is 24.5 Å². The van der Waals surface area contributed by atoms with Crippen molar-refractivity contribution in [2.75, 3.05) is 30.9 Å². The molecule has 0 amide bonds. The third-order valence-corrected chi connectivity index (χ3v) is 6.64. The molecule has 0 aliphatic heterocycles. The van der Waals surface area contributed by atoms with E-state index in [4.69, 9.17) is 4.74 Å². The number of hydrogen-bond acceptors (Lipinski definition) is 7. The first-order chi connectivity index (χ1) is 15.4. The molecule has 1 atom stereocenters. The molecule has 2 aromatic heterocycles. The Morgan fingerprint density at radius 1 is 1.12 bits per heavy atom. The molecule has 2 aliphatic carbocycles. The average Bonchev–Trinajstić information content (AvgIpc) is 3.53. The highest BCUT2D eigenvalue weighted by atomic mass is 19.1. The maximum Gasteiger partial charge on any atom is 0.149 e. The molecule has 0 bridgehead atoms. The van der Waals surface area contributed by atoms with Gasteiger partial charge in [0.2, 0.25) is 0 Å². The van der Waals surface area contributed by atoms with Crippen molar-refractivity contribution in [3.05, 3.63) is 30.3 Å². The summed E-state index contributed by atoms with van der Waals surface area (Å²) in [7, 11) is 1.73. The van der Waals surface area contributed by atoms with E-state index in [1.807, 2.05) is 6.07 Å². The highest BCUT2D eigenvalue weighted by Crippen LogP contribution is 2.44. The van der Waals surface area contributed by atoms with Gasteiger partial charge in [0.05, 0.1) is 19.0 Å². The van der Waals surface area contributed by atoms with Gasteiger partial charge >= 0.3 is 0 Å². The van der Waals surface area contributed by atoms with Gasteiger partial charge in [0, 0.05) is 42.9 Å². The lowest BCUT2D eigenvalue weighted by atomic mass is 9.90. The minimum absolute atomic E-state index is 0.337. The van der Waals surface area contributed by atoms with Gasteiger partial charge in [0.15, 0.2) is 0 Å². The van der Waals surface area contributed by atoms with E-state index in [9.17, 15) is 4.39 Å². The van der Waals surface area contributed by atoms with Crippen LogP contribution in [0, 0.1) is 11.2 Å². The summed E-state index contributed by atoms with van der Waals surface area (Å²) >= 11 is 0. The predicted octanol–water partition coefficient (Wildman–Crippen LogP) is 4.24. The number of nitrogens with one attached hydrogen (secondary N) is 3. The molecular weight excluding hydrogens is 407 g/mol. The number of aromatic nitrogens is 3. The van der Waals surface area contributed by atoms with Crippen LogP contribution in [0.4, 0.5) is 16.0 Å². The maximum atomic E-state index is 14.6. The van der Waals surface area contributed by atoms with Crippen LogP contribution >= 0.6 is 0 Å². The Balaban J connectivity index is 1.36. The zero-order valence-corrected chi connectivity index (χ0v) is 19.3. The van der Waals surface area contributed by atoms with Gasteiger partial charge in [-0.2, -0.15) is 5.10 Å². The predicted molar refractivity (Wildman–Crippen MR) is 125 cm³/mol. The first-order valence-corrected chi connectivity index (χ1v) is 11.7. The van der Waals surface area contributed by atoms with E-state index < -0.39 is 0 Å². The quantitative estimate of drug-likeness (QED) is 0.508. The normalized spacial score (nSPS) is 22.9. The monoisotopic (exact) mass is 442 g/mol. The van der Waals surface area contributed by atoms with Gasteiger partial charge in [-0.05, 0) is 63.0 Å². The van der Waals surface area contributed by atoms with E-state index in [0.717, 1.165) is 38.8 Å². The van der Waals surface area contributed by atoms with E-state index >= 15 is 0 Å². The third kappa shape index (κ3) is 6.13. The fraction of sp³-hybridized carbons (Fsp3) is 0.625.